The summed E-state index contributed by atoms with van der Waals surface area (Å²) < 4.78 is 7.41. The molecule has 1 N–H and O–H groups in total. The maximum Gasteiger partial charge on any atom is 0.353 e. The molecule has 9 heteroatoms. The molecular formula is C12H10IN3O5. The second-order valence-corrected chi connectivity index (χ2v) is 5.33. The van der Waals surface area contributed by atoms with Gasteiger partial charge in [0.15, 0.2) is 0 Å². The van der Waals surface area contributed by atoms with Gasteiger partial charge in [0.05, 0.1) is 14.1 Å². The molecule has 1 heterocycles. The summed E-state index contributed by atoms with van der Waals surface area (Å²) in [6.07, 6.45) is 0. The molecule has 0 saturated heterocycles. The van der Waals surface area contributed by atoms with Crippen LogP contribution in [-0.2, 0) is 7.05 Å². The van der Waals surface area contributed by atoms with Crippen molar-refractivity contribution in [3.05, 3.63) is 43.1 Å². The molecule has 0 aliphatic heterocycles. The molecule has 110 valence electrons. The van der Waals surface area contributed by atoms with Gasteiger partial charge in [0, 0.05) is 7.05 Å². The third-order valence-electron chi connectivity index (χ3n) is 2.71. The van der Waals surface area contributed by atoms with Crippen molar-refractivity contribution < 1.29 is 19.6 Å². The quantitative estimate of drug-likeness (QED) is 0.478. The Morgan fingerprint density at radius 3 is 2.76 bits per heavy atom. The summed E-state index contributed by atoms with van der Waals surface area (Å²) >= 11 is 1.96. The van der Waals surface area contributed by atoms with Crippen molar-refractivity contribution >= 4 is 34.2 Å². The highest BCUT2D eigenvalue weighted by atomic mass is 127. The summed E-state index contributed by atoms with van der Waals surface area (Å²) in [7, 11) is 1.52. The smallest absolute Gasteiger partial charge is 0.353 e. The predicted molar refractivity (Wildman–Crippen MR) is 80.8 cm³/mol. The molecule has 1 aromatic heterocycles. The SMILES string of the molecule is Cc1nn(C)c(Oc2cc(C(=O)O)ccc2I)c1[N+](=O)[O-]. The number of aryl methyl sites for hydroxylation is 2. The number of nitrogens with zero attached hydrogens (tertiary/aromatic N) is 3. The van der Waals surface area contributed by atoms with Crippen LogP contribution in [0.2, 0.25) is 0 Å². The molecule has 0 aliphatic carbocycles. The van der Waals surface area contributed by atoms with Crippen LogP contribution in [0.5, 0.6) is 11.6 Å². The number of hydrogen-bond acceptors (Lipinski definition) is 5. The lowest BCUT2D eigenvalue weighted by Crippen LogP contribution is -2.01. The number of carbonyl (C=O) groups is 1. The van der Waals surface area contributed by atoms with Crippen molar-refractivity contribution in [2.45, 2.75) is 6.92 Å². The molecule has 0 spiro atoms. The van der Waals surface area contributed by atoms with E-state index in [4.69, 9.17) is 9.84 Å². The minimum absolute atomic E-state index is 0.0342. The van der Waals surface area contributed by atoms with Crippen LogP contribution in [0.4, 0.5) is 5.69 Å². The Morgan fingerprint density at radius 2 is 2.19 bits per heavy atom. The Hall–Kier alpha value is -2.17. The minimum Gasteiger partial charge on any atom is -0.478 e. The van der Waals surface area contributed by atoms with Gasteiger partial charge in [0.2, 0.25) is 0 Å². The van der Waals surface area contributed by atoms with E-state index in [1.165, 1.54) is 30.8 Å². The van der Waals surface area contributed by atoms with Crippen LogP contribution in [-0.4, -0.2) is 25.8 Å². The van der Waals surface area contributed by atoms with E-state index in [2.05, 4.69) is 5.10 Å². The number of aromatic carboxylic acids is 1. The lowest BCUT2D eigenvalue weighted by molar-refractivity contribution is -0.386. The molecule has 2 aromatic rings. The number of aromatic nitrogens is 2. The summed E-state index contributed by atoms with van der Waals surface area (Å²) in [6.45, 7) is 1.50. The first-order valence-electron chi connectivity index (χ1n) is 5.70. The highest BCUT2D eigenvalue weighted by molar-refractivity contribution is 14.1. The van der Waals surface area contributed by atoms with Crippen LogP contribution in [0.1, 0.15) is 16.1 Å². The third-order valence-corrected chi connectivity index (χ3v) is 3.60. The lowest BCUT2D eigenvalue weighted by Gasteiger charge is -2.08. The zero-order valence-electron chi connectivity index (χ0n) is 11.0. The molecule has 0 bridgehead atoms. The molecule has 8 nitrogen and oxygen atoms in total. The fourth-order valence-electron chi connectivity index (χ4n) is 1.77. The summed E-state index contributed by atoms with van der Waals surface area (Å²) in [4.78, 5) is 21.5. The topological polar surface area (TPSA) is 107 Å². The molecule has 1 aromatic carbocycles. The fourth-order valence-corrected chi connectivity index (χ4v) is 2.21. The average Bonchev–Trinajstić information content (AvgIpc) is 2.66. The van der Waals surface area contributed by atoms with Crippen LogP contribution < -0.4 is 4.74 Å². The van der Waals surface area contributed by atoms with Gasteiger partial charge in [0.1, 0.15) is 11.4 Å². The number of rotatable bonds is 4. The Morgan fingerprint density at radius 1 is 1.52 bits per heavy atom. The molecule has 0 unspecified atom stereocenters. The molecular weight excluding hydrogens is 393 g/mol. The second-order valence-electron chi connectivity index (χ2n) is 4.17. The summed E-state index contributed by atoms with van der Waals surface area (Å²) in [5.74, 6) is -0.925. The lowest BCUT2D eigenvalue weighted by atomic mass is 10.2. The zero-order chi connectivity index (χ0) is 15.7. The monoisotopic (exact) mass is 403 g/mol. The summed E-state index contributed by atoms with van der Waals surface area (Å²) in [5, 5.41) is 24.0. The first-order chi connectivity index (χ1) is 9.81. The Labute approximate surface area is 132 Å². The minimum atomic E-state index is -1.10. The predicted octanol–water partition coefficient (Wildman–Crippen LogP) is 2.73. The standard InChI is InChI=1S/C12H10IN3O5/c1-6-10(16(19)20)11(15(2)14-6)21-9-5-7(12(17)18)3-4-8(9)13/h3-5H,1-2H3,(H,17,18). The van der Waals surface area contributed by atoms with Gasteiger partial charge in [0.25, 0.3) is 5.88 Å². The molecule has 21 heavy (non-hydrogen) atoms. The highest BCUT2D eigenvalue weighted by Gasteiger charge is 2.26. The maximum absolute atomic E-state index is 11.1. The van der Waals surface area contributed by atoms with E-state index >= 15 is 0 Å². The van der Waals surface area contributed by atoms with Gasteiger partial charge in [-0.2, -0.15) is 5.10 Å². The van der Waals surface area contributed by atoms with Crippen molar-refractivity contribution in [1.82, 2.24) is 9.78 Å². The molecule has 0 saturated carbocycles. The van der Waals surface area contributed by atoms with E-state index < -0.39 is 10.9 Å². The number of carboxylic acids is 1. The van der Waals surface area contributed by atoms with E-state index in [9.17, 15) is 14.9 Å². The van der Waals surface area contributed by atoms with Crippen LogP contribution in [0.25, 0.3) is 0 Å². The van der Waals surface area contributed by atoms with Gasteiger partial charge in [-0.1, -0.05) is 0 Å². The molecule has 0 radical (unpaired) electrons. The first-order valence-corrected chi connectivity index (χ1v) is 6.77. The molecule has 0 fully saturated rings. The number of carboxylic acid groups (broad SMARTS) is 1. The van der Waals surface area contributed by atoms with Gasteiger partial charge in [-0.15, -0.1) is 0 Å². The summed E-state index contributed by atoms with van der Waals surface area (Å²) in [5.41, 5.74) is 0.0166. The normalized spacial score (nSPS) is 10.4. The van der Waals surface area contributed by atoms with Gasteiger partial charge < -0.3 is 9.84 Å². The maximum atomic E-state index is 11.1. The molecule has 2 rings (SSSR count). The Kier molecular flexibility index (Phi) is 4.11. The van der Waals surface area contributed by atoms with Crippen molar-refractivity contribution in [2.24, 2.45) is 7.05 Å². The van der Waals surface area contributed by atoms with Crippen molar-refractivity contribution in [1.29, 1.82) is 0 Å². The van der Waals surface area contributed by atoms with Crippen LogP contribution in [0.15, 0.2) is 18.2 Å². The number of halogens is 1. The van der Waals surface area contributed by atoms with Crippen LogP contribution in [0.3, 0.4) is 0 Å². The van der Waals surface area contributed by atoms with E-state index in [1.54, 1.807) is 6.07 Å². The molecule has 0 aliphatic rings. The third kappa shape index (κ3) is 2.96. The van der Waals surface area contributed by atoms with E-state index in [1.807, 2.05) is 22.6 Å². The number of hydrogen-bond donors (Lipinski definition) is 1. The van der Waals surface area contributed by atoms with Gasteiger partial charge >= 0.3 is 11.7 Å². The largest absolute Gasteiger partial charge is 0.478 e. The number of benzene rings is 1. The number of ether oxygens (including phenoxy) is 1. The van der Waals surface area contributed by atoms with Gasteiger partial charge in [-0.05, 0) is 47.7 Å². The fraction of sp³-hybridized carbons (Fsp3) is 0.167. The van der Waals surface area contributed by atoms with Crippen molar-refractivity contribution in [3.8, 4) is 11.6 Å². The van der Waals surface area contributed by atoms with E-state index in [0.717, 1.165) is 0 Å². The van der Waals surface area contributed by atoms with Crippen LogP contribution >= 0.6 is 22.6 Å². The van der Waals surface area contributed by atoms with Crippen molar-refractivity contribution in [3.63, 3.8) is 0 Å². The first kappa shape index (κ1) is 15.2. The van der Waals surface area contributed by atoms with E-state index in [-0.39, 0.29) is 28.6 Å². The molecule has 0 atom stereocenters. The highest BCUT2D eigenvalue weighted by Crippen LogP contribution is 2.35. The summed E-state index contributed by atoms with van der Waals surface area (Å²) in [6, 6.07) is 4.31. The van der Waals surface area contributed by atoms with Crippen LogP contribution in [0, 0.1) is 20.6 Å². The Balaban J connectivity index is 2.50. The van der Waals surface area contributed by atoms with Gasteiger partial charge in [-0.3, -0.25) is 10.1 Å². The van der Waals surface area contributed by atoms with Gasteiger partial charge in [-0.25, -0.2) is 9.48 Å². The average molecular weight is 403 g/mol. The number of nitro groups is 1. The zero-order valence-corrected chi connectivity index (χ0v) is 13.2. The second kappa shape index (κ2) is 5.68. The Bertz CT molecular complexity index is 741. The van der Waals surface area contributed by atoms with Crippen molar-refractivity contribution in [2.75, 3.05) is 0 Å². The molecule has 0 amide bonds. The van der Waals surface area contributed by atoms with E-state index in [0.29, 0.717) is 3.57 Å².